The van der Waals surface area contributed by atoms with Crippen LogP contribution >= 0.6 is 0 Å². The Morgan fingerprint density at radius 2 is 1.73 bits per heavy atom. The van der Waals surface area contributed by atoms with Gasteiger partial charge in [-0.15, -0.1) is 0 Å². The average molecular weight is 157 g/mol. The van der Waals surface area contributed by atoms with Gasteiger partial charge in [-0.2, -0.15) is 0 Å². The molecule has 1 N–H and O–H groups in total. The van der Waals surface area contributed by atoms with Gasteiger partial charge in [-0.3, -0.25) is 0 Å². The molecule has 0 aromatic heterocycles. The van der Waals surface area contributed by atoms with Crippen LogP contribution in [0.5, 0.6) is 0 Å². The summed E-state index contributed by atoms with van der Waals surface area (Å²) in [5.74, 6) is 0. The van der Waals surface area contributed by atoms with Crippen LogP contribution < -0.4 is 5.32 Å². The SMILES string of the molecule is CCCNCC(C)(C)CCC. The first-order chi connectivity index (χ1) is 5.12. The Morgan fingerprint density at radius 3 is 2.18 bits per heavy atom. The van der Waals surface area contributed by atoms with Crippen molar-refractivity contribution in [2.75, 3.05) is 13.1 Å². The molecule has 0 amide bonds. The molecule has 0 aromatic carbocycles. The number of nitrogens with one attached hydrogen (secondary N) is 1. The Balaban J connectivity index is 3.38. The predicted octanol–water partition coefficient (Wildman–Crippen LogP) is 2.81. The molecule has 0 unspecified atom stereocenters. The van der Waals surface area contributed by atoms with E-state index in [9.17, 15) is 0 Å². The zero-order chi connectivity index (χ0) is 8.74. The maximum Gasteiger partial charge on any atom is 0.000251 e. The lowest BCUT2D eigenvalue weighted by Gasteiger charge is -2.24. The molecule has 0 aliphatic rings. The van der Waals surface area contributed by atoms with Gasteiger partial charge >= 0.3 is 0 Å². The van der Waals surface area contributed by atoms with Crippen molar-refractivity contribution < 1.29 is 0 Å². The lowest BCUT2D eigenvalue weighted by molar-refractivity contribution is 0.312. The summed E-state index contributed by atoms with van der Waals surface area (Å²) in [6.07, 6.45) is 3.85. The predicted molar refractivity (Wildman–Crippen MR) is 51.8 cm³/mol. The van der Waals surface area contributed by atoms with Crippen LogP contribution in [-0.4, -0.2) is 13.1 Å². The topological polar surface area (TPSA) is 12.0 Å². The molecule has 11 heavy (non-hydrogen) atoms. The van der Waals surface area contributed by atoms with Gasteiger partial charge in [0.2, 0.25) is 0 Å². The first-order valence-electron chi connectivity index (χ1n) is 4.83. The minimum atomic E-state index is 0.490. The summed E-state index contributed by atoms with van der Waals surface area (Å²) < 4.78 is 0. The minimum Gasteiger partial charge on any atom is -0.316 e. The highest BCUT2D eigenvalue weighted by atomic mass is 14.9. The van der Waals surface area contributed by atoms with Crippen molar-refractivity contribution in [3.63, 3.8) is 0 Å². The van der Waals surface area contributed by atoms with Gasteiger partial charge in [0.15, 0.2) is 0 Å². The molecule has 1 heteroatoms. The van der Waals surface area contributed by atoms with Crippen molar-refractivity contribution in [1.29, 1.82) is 0 Å². The van der Waals surface area contributed by atoms with E-state index in [-0.39, 0.29) is 0 Å². The molecule has 68 valence electrons. The van der Waals surface area contributed by atoms with E-state index in [1.54, 1.807) is 0 Å². The fourth-order valence-corrected chi connectivity index (χ4v) is 1.37. The summed E-state index contributed by atoms with van der Waals surface area (Å²) in [4.78, 5) is 0. The molecule has 1 nitrogen and oxygen atoms in total. The highest BCUT2D eigenvalue weighted by Crippen LogP contribution is 2.20. The van der Waals surface area contributed by atoms with E-state index in [0.29, 0.717) is 5.41 Å². The molecule has 0 fully saturated rings. The van der Waals surface area contributed by atoms with E-state index in [4.69, 9.17) is 0 Å². The van der Waals surface area contributed by atoms with Crippen LogP contribution in [-0.2, 0) is 0 Å². The van der Waals surface area contributed by atoms with Crippen LogP contribution in [0.2, 0.25) is 0 Å². The molecule has 0 radical (unpaired) electrons. The molecule has 0 aliphatic heterocycles. The lowest BCUT2D eigenvalue weighted by Crippen LogP contribution is -2.29. The van der Waals surface area contributed by atoms with Gasteiger partial charge in [0.25, 0.3) is 0 Å². The van der Waals surface area contributed by atoms with E-state index in [1.165, 1.54) is 19.3 Å². The standard InChI is InChI=1S/C10H23N/c1-5-7-10(3,4)9-11-8-6-2/h11H,5-9H2,1-4H3. The Hall–Kier alpha value is -0.0400. The Labute approximate surface area is 71.6 Å². The van der Waals surface area contributed by atoms with Gasteiger partial charge in [-0.05, 0) is 24.8 Å². The van der Waals surface area contributed by atoms with E-state index in [2.05, 4.69) is 33.0 Å². The van der Waals surface area contributed by atoms with Crippen molar-refractivity contribution >= 4 is 0 Å². The second kappa shape index (κ2) is 5.59. The van der Waals surface area contributed by atoms with Crippen molar-refractivity contribution in [1.82, 2.24) is 5.32 Å². The largest absolute Gasteiger partial charge is 0.316 e. The third-order valence-corrected chi connectivity index (χ3v) is 1.96. The van der Waals surface area contributed by atoms with Crippen LogP contribution in [0.25, 0.3) is 0 Å². The zero-order valence-electron chi connectivity index (χ0n) is 8.54. The molecular formula is C10H23N. The van der Waals surface area contributed by atoms with Crippen LogP contribution in [0, 0.1) is 5.41 Å². The van der Waals surface area contributed by atoms with Gasteiger partial charge < -0.3 is 5.32 Å². The third kappa shape index (κ3) is 6.36. The van der Waals surface area contributed by atoms with Gasteiger partial charge in [0.1, 0.15) is 0 Å². The van der Waals surface area contributed by atoms with E-state index >= 15 is 0 Å². The monoisotopic (exact) mass is 157 g/mol. The third-order valence-electron chi connectivity index (χ3n) is 1.96. The number of hydrogen-bond donors (Lipinski definition) is 1. The molecule has 0 saturated heterocycles. The maximum atomic E-state index is 3.46. The second-order valence-electron chi connectivity index (χ2n) is 4.09. The van der Waals surface area contributed by atoms with Crippen molar-refractivity contribution in [2.45, 2.75) is 47.0 Å². The van der Waals surface area contributed by atoms with Crippen molar-refractivity contribution in [2.24, 2.45) is 5.41 Å². The molecule has 0 rings (SSSR count). The van der Waals surface area contributed by atoms with Gasteiger partial charge in [-0.25, -0.2) is 0 Å². The Kier molecular flexibility index (Phi) is 5.57. The molecule has 0 heterocycles. The summed E-state index contributed by atoms with van der Waals surface area (Å²) in [7, 11) is 0. The fourth-order valence-electron chi connectivity index (χ4n) is 1.37. The average Bonchev–Trinajstić information content (AvgIpc) is 1.87. The second-order valence-corrected chi connectivity index (χ2v) is 4.09. The number of hydrogen-bond acceptors (Lipinski definition) is 1. The first-order valence-corrected chi connectivity index (χ1v) is 4.83. The van der Waals surface area contributed by atoms with Crippen LogP contribution in [0.1, 0.15) is 47.0 Å². The summed E-state index contributed by atoms with van der Waals surface area (Å²) in [6, 6.07) is 0. The fraction of sp³-hybridized carbons (Fsp3) is 1.00. The quantitative estimate of drug-likeness (QED) is 0.585. The summed E-state index contributed by atoms with van der Waals surface area (Å²) >= 11 is 0. The molecule has 0 saturated carbocycles. The minimum absolute atomic E-state index is 0.490. The summed E-state index contributed by atoms with van der Waals surface area (Å²) in [5, 5.41) is 3.46. The van der Waals surface area contributed by atoms with Crippen molar-refractivity contribution in [3.05, 3.63) is 0 Å². The van der Waals surface area contributed by atoms with Crippen molar-refractivity contribution in [3.8, 4) is 0 Å². The molecule has 0 bridgehead atoms. The highest BCUT2D eigenvalue weighted by molar-refractivity contribution is 4.70. The zero-order valence-corrected chi connectivity index (χ0v) is 8.54. The highest BCUT2D eigenvalue weighted by Gasteiger charge is 2.14. The van der Waals surface area contributed by atoms with Gasteiger partial charge in [0, 0.05) is 6.54 Å². The van der Waals surface area contributed by atoms with Crippen LogP contribution in [0.15, 0.2) is 0 Å². The lowest BCUT2D eigenvalue weighted by atomic mass is 9.88. The smallest absolute Gasteiger partial charge is 0.000251 e. The number of rotatable bonds is 6. The molecule has 0 aliphatic carbocycles. The van der Waals surface area contributed by atoms with Crippen LogP contribution in [0.3, 0.4) is 0 Å². The van der Waals surface area contributed by atoms with E-state index in [1.807, 2.05) is 0 Å². The molecule has 0 atom stereocenters. The summed E-state index contributed by atoms with van der Waals surface area (Å²) in [6.45, 7) is 11.4. The van der Waals surface area contributed by atoms with E-state index < -0.39 is 0 Å². The maximum absolute atomic E-state index is 3.46. The summed E-state index contributed by atoms with van der Waals surface area (Å²) in [5.41, 5.74) is 0.490. The Morgan fingerprint density at radius 1 is 1.09 bits per heavy atom. The van der Waals surface area contributed by atoms with Gasteiger partial charge in [-0.1, -0.05) is 34.1 Å². The molecule has 0 spiro atoms. The van der Waals surface area contributed by atoms with Gasteiger partial charge in [0.05, 0.1) is 0 Å². The first kappa shape index (κ1) is 11.0. The Bertz CT molecular complexity index is 86.9. The van der Waals surface area contributed by atoms with Crippen LogP contribution in [0.4, 0.5) is 0 Å². The van der Waals surface area contributed by atoms with E-state index in [0.717, 1.165) is 13.1 Å². The molecule has 0 aromatic rings. The molecular weight excluding hydrogens is 134 g/mol. The normalized spacial score (nSPS) is 12.0.